The van der Waals surface area contributed by atoms with Crippen molar-refractivity contribution in [3.63, 3.8) is 0 Å². The molecule has 1 fully saturated rings. The molecule has 0 aromatic carbocycles. The highest BCUT2D eigenvalue weighted by Gasteiger charge is 2.07. The van der Waals surface area contributed by atoms with Crippen LogP contribution in [0.15, 0.2) is 0 Å². The first-order valence-electron chi connectivity index (χ1n) is 3.29. The summed E-state index contributed by atoms with van der Waals surface area (Å²) in [4.78, 5) is 19.2. The number of carbonyl (C=O) groups excluding carboxylic acids is 2. The summed E-state index contributed by atoms with van der Waals surface area (Å²) in [6, 6.07) is 0. The van der Waals surface area contributed by atoms with Crippen molar-refractivity contribution in [3.05, 3.63) is 0 Å². The van der Waals surface area contributed by atoms with Gasteiger partial charge in [0.2, 0.25) is 0 Å². The molecular weight excluding hydrogens is 146 g/mol. The van der Waals surface area contributed by atoms with E-state index >= 15 is 0 Å². The first kappa shape index (κ1) is 12.7. The minimum atomic E-state index is 0. The molecule has 66 valence electrons. The number of methoxy groups -OCH3 is 1. The maximum atomic E-state index is 10.2. The van der Waals surface area contributed by atoms with Crippen molar-refractivity contribution >= 4 is 12.3 Å². The summed E-state index contributed by atoms with van der Waals surface area (Å²) in [5, 5.41) is 0. The molecule has 0 unspecified atom stereocenters. The van der Waals surface area contributed by atoms with E-state index in [-0.39, 0.29) is 6.15 Å². The smallest absolute Gasteiger partial charge is 0.292 e. The molecule has 0 aromatic rings. The highest BCUT2D eigenvalue weighted by atomic mass is 16.5. The summed E-state index contributed by atoms with van der Waals surface area (Å²) in [5.41, 5.74) is 0. The minimum absolute atomic E-state index is 0. The van der Waals surface area contributed by atoms with Crippen LogP contribution in [-0.2, 0) is 14.3 Å². The van der Waals surface area contributed by atoms with E-state index in [4.69, 9.17) is 4.79 Å². The zero-order chi connectivity index (χ0) is 7.82. The maximum absolute atomic E-state index is 10.2. The van der Waals surface area contributed by atoms with Crippen molar-refractivity contribution in [1.29, 1.82) is 0 Å². The molecule has 0 atom stereocenters. The van der Waals surface area contributed by atoms with Crippen LogP contribution in [0.1, 0.15) is 25.7 Å². The molecule has 4 heteroatoms. The highest BCUT2D eigenvalue weighted by molar-refractivity contribution is 5.79. The molecule has 0 aliphatic heterocycles. The van der Waals surface area contributed by atoms with Crippen molar-refractivity contribution in [2.45, 2.75) is 25.7 Å². The molecule has 1 aliphatic carbocycles. The van der Waals surface area contributed by atoms with Gasteiger partial charge in [-0.1, -0.05) is 0 Å². The van der Waals surface area contributed by atoms with Gasteiger partial charge in [0.1, 0.15) is 5.78 Å². The second-order valence-corrected chi connectivity index (χ2v) is 2.08. The van der Waals surface area contributed by atoms with E-state index in [1.165, 1.54) is 7.11 Å². The summed E-state index contributed by atoms with van der Waals surface area (Å²) in [7, 11) is 1.31. The minimum Gasteiger partial charge on any atom is -0.471 e. The average molecular weight is 161 g/mol. The first-order valence-corrected chi connectivity index (χ1v) is 3.29. The molecule has 0 radical (unpaired) electrons. The van der Waals surface area contributed by atoms with Gasteiger partial charge in [0.25, 0.3) is 6.47 Å². The molecule has 0 spiro atoms. The fourth-order valence-electron chi connectivity index (χ4n) is 0.769. The zero-order valence-corrected chi connectivity index (χ0v) is 6.84. The number of ketones is 1. The number of carbonyl (C=O) groups is 2. The Balaban J connectivity index is 0. The lowest BCUT2D eigenvalue weighted by Crippen LogP contribution is -1.81. The molecular formula is C7H15NO3. The molecule has 11 heavy (non-hydrogen) atoms. The van der Waals surface area contributed by atoms with E-state index in [0.717, 1.165) is 25.7 Å². The predicted molar refractivity (Wildman–Crippen MR) is 41.6 cm³/mol. The molecule has 4 nitrogen and oxygen atoms in total. The molecule has 0 aromatic heterocycles. The highest BCUT2D eigenvalue weighted by Crippen LogP contribution is 2.11. The number of Topliss-reactive ketones (excluding diaryl/α,β-unsaturated/α-hetero) is 1. The standard InChI is InChI=1S/C5H8O.C2H4O2.H3N/c6-5-3-1-2-4-5;1-4-2-3;/h1-4H2;2H,1H3;1H3. The van der Waals surface area contributed by atoms with Crippen LogP contribution in [0.3, 0.4) is 0 Å². The van der Waals surface area contributed by atoms with Crippen LogP contribution in [0, 0.1) is 0 Å². The lowest BCUT2D eigenvalue weighted by molar-refractivity contribution is -0.126. The summed E-state index contributed by atoms with van der Waals surface area (Å²) in [5.74, 6) is 0.454. The van der Waals surface area contributed by atoms with E-state index in [0.29, 0.717) is 12.3 Å². The Bertz CT molecular complexity index is 106. The molecule has 1 aliphatic rings. The van der Waals surface area contributed by atoms with Gasteiger partial charge in [0, 0.05) is 12.8 Å². The van der Waals surface area contributed by atoms with E-state index in [1.807, 2.05) is 0 Å². The topological polar surface area (TPSA) is 78.4 Å². The Morgan fingerprint density at radius 1 is 1.36 bits per heavy atom. The SMILES string of the molecule is COC=O.N.O=C1CCCC1. The third-order valence-electron chi connectivity index (χ3n) is 1.26. The van der Waals surface area contributed by atoms with Gasteiger partial charge in [-0.15, -0.1) is 0 Å². The summed E-state index contributed by atoms with van der Waals surface area (Å²) < 4.78 is 3.86. The van der Waals surface area contributed by atoms with Crippen LogP contribution in [0.25, 0.3) is 0 Å². The third kappa shape index (κ3) is 9.10. The molecule has 0 saturated heterocycles. The first-order chi connectivity index (χ1) is 4.81. The van der Waals surface area contributed by atoms with Crippen molar-refractivity contribution in [1.82, 2.24) is 6.15 Å². The quantitative estimate of drug-likeness (QED) is 0.583. The molecule has 0 heterocycles. The van der Waals surface area contributed by atoms with E-state index in [1.54, 1.807) is 0 Å². The van der Waals surface area contributed by atoms with Crippen LogP contribution in [-0.4, -0.2) is 19.4 Å². The average Bonchev–Trinajstić information content (AvgIpc) is 2.40. The monoisotopic (exact) mass is 161 g/mol. The third-order valence-corrected chi connectivity index (χ3v) is 1.26. The van der Waals surface area contributed by atoms with E-state index < -0.39 is 0 Å². The van der Waals surface area contributed by atoms with Crippen LogP contribution < -0.4 is 6.15 Å². The van der Waals surface area contributed by atoms with Crippen LogP contribution in [0.2, 0.25) is 0 Å². The number of hydrogen-bond donors (Lipinski definition) is 1. The molecule has 1 saturated carbocycles. The van der Waals surface area contributed by atoms with Gasteiger partial charge < -0.3 is 10.9 Å². The zero-order valence-electron chi connectivity index (χ0n) is 6.84. The van der Waals surface area contributed by atoms with Crippen LogP contribution in [0.4, 0.5) is 0 Å². The summed E-state index contributed by atoms with van der Waals surface area (Å²) in [6.45, 7) is 0.375. The Labute approximate surface area is 66.5 Å². The van der Waals surface area contributed by atoms with Crippen molar-refractivity contribution < 1.29 is 14.3 Å². The molecule has 0 amide bonds. The van der Waals surface area contributed by atoms with Gasteiger partial charge in [0.05, 0.1) is 7.11 Å². The van der Waals surface area contributed by atoms with Gasteiger partial charge in [-0.3, -0.25) is 9.59 Å². The fourth-order valence-corrected chi connectivity index (χ4v) is 0.769. The summed E-state index contributed by atoms with van der Waals surface area (Å²) >= 11 is 0. The van der Waals surface area contributed by atoms with E-state index in [9.17, 15) is 4.79 Å². The van der Waals surface area contributed by atoms with Crippen LogP contribution >= 0.6 is 0 Å². The second kappa shape index (κ2) is 9.10. The van der Waals surface area contributed by atoms with Crippen molar-refractivity contribution in [3.8, 4) is 0 Å². The lowest BCUT2D eigenvalue weighted by Gasteiger charge is -1.71. The van der Waals surface area contributed by atoms with Crippen molar-refractivity contribution in [2.24, 2.45) is 0 Å². The molecule has 1 rings (SSSR count). The lowest BCUT2D eigenvalue weighted by atomic mass is 10.4. The maximum Gasteiger partial charge on any atom is 0.292 e. The van der Waals surface area contributed by atoms with Crippen LogP contribution in [0.5, 0.6) is 0 Å². The van der Waals surface area contributed by atoms with Gasteiger partial charge >= 0.3 is 0 Å². The molecule has 0 bridgehead atoms. The van der Waals surface area contributed by atoms with Gasteiger partial charge in [-0.05, 0) is 12.8 Å². The Kier molecular flexibility index (Phi) is 10.5. The fraction of sp³-hybridized carbons (Fsp3) is 0.714. The van der Waals surface area contributed by atoms with Gasteiger partial charge in [0.15, 0.2) is 0 Å². The van der Waals surface area contributed by atoms with E-state index in [2.05, 4.69) is 4.74 Å². The normalized spacial score (nSPS) is 14.1. The van der Waals surface area contributed by atoms with Crippen molar-refractivity contribution in [2.75, 3.05) is 7.11 Å². The number of hydrogen-bond acceptors (Lipinski definition) is 4. The molecule has 3 N–H and O–H groups in total. The summed E-state index contributed by atoms with van der Waals surface area (Å²) in [6.07, 6.45) is 3.97. The number of ether oxygens (including phenoxy) is 1. The van der Waals surface area contributed by atoms with Gasteiger partial charge in [-0.2, -0.15) is 0 Å². The largest absolute Gasteiger partial charge is 0.471 e. The Morgan fingerprint density at radius 3 is 1.82 bits per heavy atom. The Morgan fingerprint density at radius 2 is 1.73 bits per heavy atom. The number of rotatable bonds is 1. The Hall–Kier alpha value is -0.900. The second-order valence-electron chi connectivity index (χ2n) is 2.08. The predicted octanol–water partition coefficient (Wildman–Crippen LogP) is 1.08. The van der Waals surface area contributed by atoms with Gasteiger partial charge in [-0.25, -0.2) is 0 Å².